The molecule has 0 unspecified atom stereocenters. The molecule has 0 aromatic rings. The lowest BCUT2D eigenvalue weighted by molar-refractivity contribution is -0.149. The van der Waals surface area contributed by atoms with Crippen LogP contribution in [0.5, 0.6) is 0 Å². The van der Waals surface area contributed by atoms with Crippen LogP contribution in [0.25, 0.3) is 0 Å². The van der Waals surface area contributed by atoms with E-state index in [-0.39, 0.29) is 18.6 Å². The first kappa shape index (κ1) is 10.4. The highest BCUT2D eigenvalue weighted by atomic mass is 16.5. The topological polar surface area (TPSA) is 52.9 Å². The lowest BCUT2D eigenvalue weighted by Gasteiger charge is -2.43. The first-order valence-electron chi connectivity index (χ1n) is 5.33. The van der Waals surface area contributed by atoms with Gasteiger partial charge in [0.15, 0.2) is 0 Å². The quantitative estimate of drug-likeness (QED) is 0.605. The summed E-state index contributed by atoms with van der Waals surface area (Å²) < 4.78 is 5.16. The molecule has 2 rings (SSSR count). The van der Waals surface area contributed by atoms with Crippen molar-refractivity contribution in [2.24, 2.45) is 5.41 Å². The van der Waals surface area contributed by atoms with E-state index in [1.807, 2.05) is 0 Å². The van der Waals surface area contributed by atoms with Gasteiger partial charge in [0.05, 0.1) is 31.8 Å². The maximum Gasteiger partial charge on any atom is 0.0579 e. The van der Waals surface area contributed by atoms with Crippen molar-refractivity contribution in [2.75, 3.05) is 39.5 Å². The molecule has 0 atom stereocenters. The molecule has 0 amide bonds. The number of aliphatic hydroxyl groups is 2. The minimum atomic E-state index is -0.0439. The molecule has 2 fully saturated rings. The predicted molar refractivity (Wildman–Crippen MR) is 52.0 cm³/mol. The Bertz CT molecular complexity index is 184. The molecule has 4 heteroatoms. The van der Waals surface area contributed by atoms with Gasteiger partial charge in [-0.3, -0.25) is 4.90 Å². The third kappa shape index (κ3) is 2.08. The van der Waals surface area contributed by atoms with Gasteiger partial charge < -0.3 is 14.9 Å². The Hall–Kier alpha value is -0.160. The van der Waals surface area contributed by atoms with Crippen molar-refractivity contribution in [3.05, 3.63) is 0 Å². The van der Waals surface area contributed by atoms with Crippen LogP contribution in [-0.2, 0) is 4.74 Å². The van der Waals surface area contributed by atoms with Gasteiger partial charge in [-0.15, -0.1) is 0 Å². The molecule has 0 spiro atoms. The van der Waals surface area contributed by atoms with Crippen LogP contribution in [0.2, 0.25) is 0 Å². The average molecular weight is 201 g/mol. The summed E-state index contributed by atoms with van der Waals surface area (Å²) in [4.78, 5) is 2.29. The van der Waals surface area contributed by atoms with Crippen LogP contribution in [0.4, 0.5) is 0 Å². The van der Waals surface area contributed by atoms with Crippen molar-refractivity contribution in [2.45, 2.75) is 18.9 Å². The monoisotopic (exact) mass is 201 g/mol. The van der Waals surface area contributed by atoms with Crippen LogP contribution < -0.4 is 0 Å². The minimum Gasteiger partial charge on any atom is -0.396 e. The van der Waals surface area contributed by atoms with Gasteiger partial charge in [-0.1, -0.05) is 0 Å². The van der Waals surface area contributed by atoms with E-state index in [2.05, 4.69) is 4.90 Å². The van der Waals surface area contributed by atoms with Gasteiger partial charge in [-0.05, 0) is 12.8 Å². The summed E-state index contributed by atoms with van der Waals surface area (Å²) in [5, 5.41) is 18.2. The molecule has 0 aromatic heterocycles. The van der Waals surface area contributed by atoms with E-state index in [9.17, 15) is 5.11 Å². The second-order valence-electron chi connectivity index (χ2n) is 4.58. The first-order chi connectivity index (χ1) is 6.79. The van der Waals surface area contributed by atoms with Crippen molar-refractivity contribution in [3.63, 3.8) is 0 Å². The van der Waals surface area contributed by atoms with Crippen molar-refractivity contribution < 1.29 is 14.9 Å². The van der Waals surface area contributed by atoms with E-state index in [4.69, 9.17) is 9.84 Å². The molecule has 14 heavy (non-hydrogen) atoms. The third-order valence-corrected chi connectivity index (χ3v) is 3.14. The second-order valence-corrected chi connectivity index (χ2v) is 4.58. The van der Waals surface area contributed by atoms with Gasteiger partial charge in [-0.25, -0.2) is 0 Å². The Morgan fingerprint density at radius 1 is 1.29 bits per heavy atom. The molecular formula is C10H19NO3. The number of aliphatic hydroxyl groups excluding tert-OH is 2. The number of nitrogens with zero attached hydrogens (tertiary/aromatic N) is 1. The van der Waals surface area contributed by atoms with Gasteiger partial charge in [0.1, 0.15) is 0 Å². The highest BCUT2D eigenvalue weighted by molar-refractivity contribution is 4.93. The molecule has 1 heterocycles. The van der Waals surface area contributed by atoms with Crippen molar-refractivity contribution >= 4 is 0 Å². The molecule has 1 saturated carbocycles. The Morgan fingerprint density at radius 2 is 2.00 bits per heavy atom. The van der Waals surface area contributed by atoms with Gasteiger partial charge >= 0.3 is 0 Å². The lowest BCUT2D eigenvalue weighted by Crippen LogP contribution is -2.54. The summed E-state index contributed by atoms with van der Waals surface area (Å²) in [5.41, 5.74) is -0.0439. The zero-order valence-electron chi connectivity index (χ0n) is 8.48. The lowest BCUT2D eigenvalue weighted by atomic mass is 9.86. The van der Waals surface area contributed by atoms with E-state index in [0.29, 0.717) is 19.3 Å². The van der Waals surface area contributed by atoms with E-state index in [1.165, 1.54) is 12.8 Å². The van der Waals surface area contributed by atoms with Crippen LogP contribution in [0, 0.1) is 5.41 Å². The van der Waals surface area contributed by atoms with Gasteiger partial charge in [0.2, 0.25) is 0 Å². The Kier molecular flexibility index (Phi) is 3.07. The number of rotatable bonds is 6. The van der Waals surface area contributed by atoms with Crippen molar-refractivity contribution in [1.29, 1.82) is 0 Å². The number of ether oxygens (including phenoxy) is 1. The second kappa shape index (κ2) is 4.14. The summed E-state index contributed by atoms with van der Waals surface area (Å²) in [7, 11) is 0. The number of hydrogen-bond donors (Lipinski definition) is 2. The Balaban J connectivity index is 1.85. The first-order valence-corrected chi connectivity index (χ1v) is 5.33. The van der Waals surface area contributed by atoms with E-state index >= 15 is 0 Å². The van der Waals surface area contributed by atoms with Crippen LogP contribution in [-0.4, -0.2) is 60.7 Å². The average Bonchev–Trinajstić information content (AvgIpc) is 2.92. The van der Waals surface area contributed by atoms with E-state index < -0.39 is 0 Å². The Morgan fingerprint density at radius 3 is 2.36 bits per heavy atom. The molecule has 2 N–H and O–H groups in total. The summed E-state index contributed by atoms with van der Waals surface area (Å²) in [6, 6.07) is 0.645. The van der Waals surface area contributed by atoms with E-state index in [1.54, 1.807) is 0 Å². The van der Waals surface area contributed by atoms with Crippen LogP contribution in [0.15, 0.2) is 0 Å². The van der Waals surface area contributed by atoms with E-state index in [0.717, 1.165) is 13.1 Å². The highest BCUT2D eigenvalue weighted by Crippen LogP contribution is 2.33. The fourth-order valence-electron chi connectivity index (χ4n) is 2.01. The van der Waals surface area contributed by atoms with Crippen molar-refractivity contribution in [3.8, 4) is 0 Å². The van der Waals surface area contributed by atoms with Crippen molar-refractivity contribution in [1.82, 2.24) is 4.90 Å². The van der Waals surface area contributed by atoms with Gasteiger partial charge in [0.25, 0.3) is 0 Å². The minimum absolute atomic E-state index is 0.0439. The normalized spacial score (nSPS) is 25.1. The summed E-state index contributed by atoms with van der Waals surface area (Å²) in [5.74, 6) is 0. The fraction of sp³-hybridized carbons (Fsp3) is 1.00. The zero-order chi connectivity index (χ0) is 10.0. The zero-order valence-corrected chi connectivity index (χ0v) is 8.48. The molecule has 4 nitrogen and oxygen atoms in total. The number of hydrogen-bond acceptors (Lipinski definition) is 4. The van der Waals surface area contributed by atoms with Crippen LogP contribution in [0.3, 0.4) is 0 Å². The summed E-state index contributed by atoms with van der Waals surface area (Å²) in [6.45, 7) is 3.33. The maximum absolute atomic E-state index is 9.29. The highest BCUT2D eigenvalue weighted by Gasteiger charge is 2.42. The van der Waals surface area contributed by atoms with Gasteiger partial charge in [-0.2, -0.15) is 0 Å². The fourth-order valence-corrected chi connectivity index (χ4v) is 2.01. The summed E-state index contributed by atoms with van der Waals surface area (Å²) >= 11 is 0. The summed E-state index contributed by atoms with van der Waals surface area (Å²) in [6.07, 6.45) is 2.48. The van der Waals surface area contributed by atoms with Crippen LogP contribution in [0.1, 0.15) is 12.8 Å². The smallest absolute Gasteiger partial charge is 0.0579 e. The molecular weight excluding hydrogens is 182 g/mol. The maximum atomic E-state index is 9.29. The molecule has 1 aliphatic heterocycles. The predicted octanol–water partition coefficient (Wildman–Crippen LogP) is -0.548. The molecule has 0 radical (unpaired) electrons. The molecule has 0 bridgehead atoms. The largest absolute Gasteiger partial charge is 0.396 e. The molecule has 1 aliphatic carbocycles. The third-order valence-electron chi connectivity index (χ3n) is 3.14. The molecule has 1 saturated heterocycles. The SMILES string of the molecule is OCCN(CC1(CO)COC1)C1CC1. The van der Waals surface area contributed by atoms with Crippen LogP contribution >= 0.6 is 0 Å². The van der Waals surface area contributed by atoms with Gasteiger partial charge in [0, 0.05) is 19.1 Å². The standard InChI is InChI=1S/C10H19NO3/c12-4-3-11(9-1-2-9)5-10(6-13)7-14-8-10/h9,12-13H,1-8H2. The molecule has 2 aliphatic rings. The Labute approximate surface area is 84.5 Å². The molecule has 82 valence electrons. The molecule has 0 aromatic carbocycles.